The molecule has 0 saturated heterocycles. The lowest BCUT2D eigenvalue weighted by Gasteiger charge is -2.32. The van der Waals surface area contributed by atoms with Gasteiger partial charge in [-0.25, -0.2) is 4.39 Å². The van der Waals surface area contributed by atoms with Gasteiger partial charge in [0.25, 0.3) is 0 Å². The van der Waals surface area contributed by atoms with E-state index in [0.717, 1.165) is 31.6 Å². The molecule has 5 heteroatoms. The van der Waals surface area contributed by atoms with Gasteiger partial charge in [0.1, 0.15) is 5.82 Å². The Bertz CT molecular complexity index is 603. The fourth-order valence-electron chi connectivity index (χ4n) is 2.36. The van der Waals surface area contributed by atoms with E-state index in [2.05, 4.69) is 69.8 Å². The third-order valence-corrected chi connectivity index (χ3v) is 6.72. The van der Waals surface area contributed by atoms with Gasteiger partial charge in [0, 0.05) is 25.0 Å². The van der Waals surface area contributed by atoms with E-state index in [-0.39, 0.29) is 11.2 Å². The van der Waals surface area contributed by atoms with Crippen LogP contribution in [-0.2, 0) is 11.8 Å². The quantitative estimate of drug-likeness (QED) is 0.372. The zero-order chi connectivity index (χ0) is 15.5. The molecule has 0 N–H and O–H groups in total. The van der Waals surface area contributed by atoms with E-state index in [9.17, 15) is 4.39 Å². The first-order valence-electron chi connectivity index (χ1n) is 6.33. The molecule has 0 aliphatic carbocycles. The molecule has 21 heavy (non-hydrogen) atoms. The van der Waals surface area contributed by atoms with Gasteiger partial charge < -0.3 is 0 Å². The molecule has 0 aliphatic rings. The molecule has 2 aromatic rings. The Kier molecular flexibility index (Phi) is 6.48. The second-order valence-electron chi connectivity index (χ2n) is 4.98. The first-order valence-corrected chi connectivity index (χ1v) is 10.2. The number of hydrogen-bond donors (Lipinski definition) is 0. The van der Waals surface area contributed by atoms with Gasteiger partial charge in [0.15, 0.2) is 0 Å². The highest BCUT2D eigenvalue weighted by atomic mass is 79.9. The molecule has 0 atom stereocenters. The molecule has 0 bridgehead atoms. The fourth-order valence-corrected chi connectivity index (χ4v) is 5.51. The van der Waals surface area contributed by atoms with Crippen LogP contribution in [0, 0.1) is 5.82 Å². The monoisotopic (exact) mass is 540 g/mol. The molecule has 0 heterocycles. The third kappa shape index (κ3) is 4.18. The van der Waals surface area contributed by atoms with Crippen LogP contribution in [0.15, 0.2) is 51.4 Å². The highest BCUT2D eigenvalue weighted by Crippen LogP contribution is 2.37. The van der Waals surface area contributed by atoms with Crippen molar-refractivity contribution in [1.82, 2.24) is 0 Å². The zero-order valence-corrected chi connectivity index (χ0v) is 17.4. The summed E-state index contributed by atoms with van der Waals surface area (Å²) in [5.74, 6) is -0.218. The van der Waals surface area contributed by atoms with Gasteiger partial charge in [-0.05, 0) is 41.8 Å². The smallest absolute Gasteiger partial charge is 0.124 e. The molecule has 2 rings (SSSR count). The Hall–Kier alpha value is 0.290. The second-order valence-corrected chi connectivity index (χ2v) is 7.87. The maximum Gasteiger partial charge on any atom is 0.124 e. The fraction of sp³-hybridized carbons (Fsp3) is 0.250. The van der Waals surface area contributed by atoms with E-state index >= 15 is 0 Å². The average Bonchev–Trinajstić information content (AvgIpc) is 2.44. The van der Waals surface area contributed by atoms with Crippen molar-refractivity contribution in [2.75, 3.05) is 10.7 Å². The number of hydrogen-bond acceptors (Lipinski definition) is 0. The van der Waals surface area contributed by atoms with E-state index in [1.807, 2.05) is 24.3 Å². The molecule has 0 unspecified atom stereocenters. The summed E-state index contributed by atoms with van der Waals surface area (Å²) in [7, 11) is 0. The molecule has 0 fully saturated rings. The number of rotatable bonds is 5. The van der Waals surface area contributed by atoms with Crippen LogP contribution < -0.4 is 0 Å². The van der Waals surface area contributed by atoms with Crippen LogP contribution in [0.4, 0.5) is 4.39 Å². The van der Waals surface area contributed by atoms with Crippen molar-refractivity contribution in [1.29, 1.82) is 0 Å². The number of alkyl halides is 2. The largest absolute Gasteiger partial charge is 0.207 e. The Morgan fingerprint density at radius 1 is 0.952 bits per heavy atom. The summed E-state index contributed by atoms with van der Waals surface area (Å²) in [5, 5.41) is 1.56. The summed E-state index contributed by atoms with van der Waals surface area (Å²) in [6.07, 6.45) is 0.739. The third-order valence-electron chi connectivity index (χ3n) is 3.42. The van der Waals surface area contributed by atoms with Crippen molar-refractivity contribution in [3.63, 3.8) is 0 Å². The van der Waals surface area contributed by atoms with Crippen molar-refractivity contribution in [2.45, 2.75) is 11.8 Å². The van der Waals surface area contributed by atoms with Crippen LogP contribution >= 0.6 is 63.7 Å². The molecular weight excluding hydrogens is 531 g/mol. The molecule has 112 valence electrons. The topological polar surface area (TPSA) is 0 Å². The normalized spacial score (nSPS) is 11.7. The predicted molar refractivity (Wildman–Crippen MR) is 101 cm³/mol. The number of benzene rings is 2. The van der Waals surface area contributed by atoms with Gasteiger partial charge in [0.2, 0.25) is 0 Å². The van der Waals surface area contributed by atoms with Crippen molar-refractivity contribution < 1.29 is 4.39 Å². The van der Waals surface area contributed by atoms with E-state index < -0.39 is 0 Å². The SMILES string of the molecule is Fc1cc(Br)cc(CC(CBr)(CBr)c2ccccc2Br)c1. The van der Waals surface area contributed by atoms with E-state index in [0.29, 0.717) is 0 Å². The summed E-state index contributed by atoms with van der Waals surface area (Å²) in [4.78, 5) is 0. The van der Waals surface area contributed by atoms with Crippen LogP contribution in [-0.4, -0.2) is 10.7 Å². The minimum absolute atomic E-state index is 0.146. The maximum absolute atomic E-state index is 13.6. The molecule has 0 amide bonds. The lowest BCUT2D eigenvalue weighted by atomic mass is 9.79. The molecule has 0 saturated carbocycles. The molecule has 0 aromatic heterocycles. The molecule has 0 spiro atoms. The first-order chi connectivity index (χ1) is 10.0. The Balaban J connectivity index is 2.45. The summed E-state index contributed by atoms with van der Waals surface area (Å²) in [6.45, 7) is 0. The summed E-state index contributed by atoms with van der Waals surface area (Å²) < 4.78 is 15.5. The van der Waals surface area contributed by atoms with Crippen LogP contribution in [0.2, 0.25) is 0 Å². The molecule has 0 nitrogen and oxygen atoms in total. The van der Waals surface area contributed by atoms with Crippen LogP contribution in [0.25, 0.3) is 0 Å². The van der Waals surface area contributed by atoms with Crippen LogP contribution in [0.1, 0.15) is 11.1 Å². The van der Waals surface area contributed by atoms with Crippen LogP contribution in [0.3, 0.4) is 0 Å². The van der Waals surface area contributed by atoms with Crippen molar-refractivity contribution >= 4 is 63.7 Å². The van der Waals surface area contributed by atoms with Crippen LogP contribution in [0.5, 0.6) is 0 Å². The van der Waals surface area contributed by atoms with Gasteiger partial charge in [-0.1, -0.05) is 81.9 Å². The Labute approximate surface area is 158 Å². The van der Waals surface area contributed by atoms with E-state index in [1.165, 1.54) is 11.6 Å². The Morgan fingerprint density at radius 3 is 2.19 bits per heavy atom. The first kappa shape index (κ1) is 17.6. The van der Waals surface area contributed by atoms with Gasteiger partial charge in [-0.15, -0.1) is 0 Å². The molecule has 2 aromatic carbocycles. The van der Waals surface area contributed by atoms with Crippen molar-refractivity contribution in [3.05, 3.63) is 68.4 Å². The number of halogens is 5. The minimum Gasteiger partial charge on any atom is -0.207 e. The second kappa shape index (κ2) is 7.71. The van der Waals surface area contributed by atoms with E-state index in [1.54, 1.807) is 6.07 Å². The zero-order valence-electron chi connectivity index (χ0n) is 11.1. The van der Waals surface area contributed by atoms with Gasteiger partial charge in [0.05, 0.1) is 0 Å². The molecule has 0 aliphatic heterocycles. The average molecular weight is 544 g/mol. The highest BCUT2D eigenvalue weighted by Gasteiger charge is 2.32. The highest BCUT2D eigenvalue weighted by molar-refractivity contribution is 9.11. The lowest BCUT2D eigenvalue weighted by molar-refractivity contribution is 0.544. The lowest BCUT2D eigenvalue weighted by Crippen LogP contribution is -2.33. The van der Waals surface area contributed by atoms with Crippen molar-refractivity contribution in [2.24, 2.45) is 0 Å². The van der Waals surface area contributed by atoms with Gasteiger partial charge >= 0.3 is 0 Å². The standard InChI is InChI=1S/C16H13Br4F/c17-9-16(10-18,14-3-1-2-4-15(14)20)8-11-5-12(19)7-13(21)6-11/h1-7H,8-10H2. The Morgan fingerprint density at radius 2 is 1.62 bits per heavy atom. The molecular formula is C16H13Br4F. The summed E-state index contributed by atoms with van der Waals surface area (Å²) in [5.41, 5.74) is 2.03. The van der Waals surface area contributed by atoms with Gasteiger partial charge in [-0.2, -0.15) is 0 Å². The van der Waals surface area contributed by atoms with Gasteiger partial charge in [-0.3, -0.25) is 0 Å². The predicted octanol–water partition coefficient (Wildman–Crippen LogP) is 6.62. The maximum atomic E-state index is 13.6. The minimum atomic E-state index is -0.218. The van der Waals surface area contributed by atoms with E-state index in [4.69, 9.17) is 0 Å². The summed E-state index contributed by atoms with van der Waals surface area (Å²) >= 11 is 14.3. The summed E-state index contributed by atoms with van der Waals surface area (Å²) in [6, 6.07) is 13.2. The molecule has 0 radical (unpaired) electrons. The van der Waals surface area contributed by atoms with Crippen molar-refractivity contribution in [3.8, 4) is 0 Å².